The number of benzene rings is 2. The summed E-state index contributed by atoms with van der Waals surface area (Å²) in [6.07, 6.45) is 0. The maximum Gasteiger partial charge on any atom is 0.169 e. The minimum atomic E-state index is -0.308. The third kappa shape index (κ3) is 2.21. The molecule has 1 unspecified atom stereocenters. The summed E-state index contributed by atoms with van der Waals surface area (Å²) in [6.45, 7) is 0. The Morgan fingerprint density at radius 3 is 2.45 bits per heavy atom. The lowest BCUT2D eigenvalue weighted by atomic mass is 9.97. The lowest BCUT2D eigenvalue weighted by Gasteiger charge is -2.14. The van der Waals surface area contributed by atoms with E-state index in [1.807, 2.05) is 48.5 Å². The van der Waals surface area contributed by atoms with Crippen LogP contribution in [0.15, 0.2) is 57.6 Å². The predicted octanol–water partition coefficient (Wildman–Crippen LogP) is 4.25. The fourth-order valence-electron chi connectivity index (χ4n) is 2.39. The molecule has 3 nitrogen and oxygen atoms in total. The van der Waals surface area contributed by atoms with Gasteiger partial charge in [0.2, 0.25) is 0 Å². The van der Waals surface area contributed by atoms with Crippen LogP contribution in [0.5, 0.6) is 5.75 Å². The summed E-state index contributed by atoms with van der Waals surface area (Å²) < 4.78 is 11.6. The first-order valence-corrected chi connectivity index (χ1v) is 7.06. The van der Waals surface area contributed by atoms with Crippen molar-refractivity contribution in [2.75, 3.05) is 7.11 Å². The summed E-state index contributed by atoms with van der Waals surface area (Å²) in [4.78, 5) is 0. The third-order valence-electron chi connectivity index (χ3n) is 3.37. The van der Waals surface area contributed by atoms with Crippen LogP contribution in [0.3, 0.4) is 0 Å². The first-order valence-electron chi connectivity index (χ1n) is 6.27. The molecule has 102 valence electrons. The van der Waals surface area contributed by atoms with Gasteiger partial charge in [-0.15, -0.1) is 0 Å². The number of ether oxygens (including phenoxy) is 1. The molecule has 1 heterocycles. The van der Waals surface area contributed by atoms with E-state index in [1.54, 1.807) is 7.11 Å². The largest absolute Gasteiger partial charge is 0.496 e. The Morgan fingerprint density at radius 2 is 1.80 bits per heavy atom. The second kappa shape index (κ2) is 5.31. The fourth-order valence-corrected chi connectivity index (χ4v) is 2.71. The van der Waals surface area contributed by atoms with Gasteiger partial charge in [-0.2, -0.15) is 0 Å². The van der Waals surface area contributed by atoms with Crippen molar-refractivity contribution in [3.05, 3.63) is 64.5 Å². The van der Waals surface area contributed by atoms with E-state index in [1.165, 1.54) is 0 Å². The van der Waals surface area contributed by atoms with Gasteiger partial charge in [-0.05, 0) is 45.1 Å². The molecule has 2 aromatic carbocycles. The van der Waals surface area contributed by atoms with Crippen molar-refractivity contribution in [2.24, 2.45) is 5.73 Å². The molecule has 0 fully saturated rings. The molecule has 0 bridgehead atoms. The third-order valence-corrected chi connectivity index (χ3v) is 3.80. The van der Waals surface area contributed by atoms with Crippen molar-refractivity contribution in [1.29, 1.82) is 0 Å². The molecule has 1 atom stereocenters. The van der Waals surface area contributed by atoms with Crippen LogP contribution in [0.4, 0.5) is 0 Å². The van der Waals surface area contributed by atoms with E-state index in [2.05, 4.69) is 15.9 Å². The number of hydrogen-bond donors (Lipinski definition) is 1. The highest BCUT2D eigenvalue weighted by Crippen LogP contribution is 2.33. The normalized spacial score (nSPS) is 12.6. The van der Waals surface area contributed by atoms with Crippen LogP contribution in [0.2, 0.25) is 0 Å². The number of halogens is 1. The van der Waals surface area contributed by atoms with E-state index < -0.39 is 0 Å². The Bertz CT molecular complexity index is 751. The van der Waals surface area contributed by atoms with E-state index in [4.69, 9.17) is 14.9 Å². The van der Waals surface area contributed by atoms with Crippen LogP contribution in [-0.2, 0) is 0 Å². The highest BCUT2D eigenvalue weighted by molar-refractivity contribution is 9.10. The highest BCUT2D eigenvalue weighted by Gasteiger charge is 2.17. The van der Waals surface area contributed by atoms with E-state index in [0.717, 1.165) is 27.8 Å². The van der Waals surface area contributed by atoms with Gasteiger partial charge in [-0.1, -0.05) is 30.3 Å². The van der Waals surface area contributed by atoms with E-state index in [9.17, 15) is 0 Å². The Labute approximate surface area is 125 Å². The number of rotatable bonds is 3. The molecule has 20 heavy (non-hydrogen) atoms. The summed E-state index contributed by atoms with van der Waals surface area (Å²) in [6, 6.07) is 15.4. The van der Waals surface area contributed by atoms with Crippen molar-refractivity contribution < 1.29 is 9.15 Å². The predicted molar refractivity (Wildman–Crippen MR) is 82.9 cm³/mol. The molecule has 3 aromatic rings. The van der Waals surface area contributed by atoms with E-state index in [-0.39, 0.29) is 6.04 Å². The maximum absolute atomic E-state index is 6.33. The van der Waals surface area contributed by atoms with Gasteiger partial charge in [0.1, 0.15) is 11.5 Å². The van der Waals surface area contributed by atoms with E-state index in [0.29, 0.717) is 4.67 Å². The number of hydrogen-bond acceptors (Lipinski definition) is 3. The van der Waals surface area contributed by atoms with Crippen LogP contribution in [0.25, 0.3) is 10.8 Å². The Hall–Kier alpha value is -1.78. The van der Waals surface area contributed by atoms with Crippen molar-refractivity contribution in [3.8, 4) is 5.75 Å². The molecule has 0 saturated carbocycles. The first-order chi connectivity index (χ1) is 9.70. The smallest absolute Gasteiger partial charge is 0.169 e. The molecule has 0 aliphatic rings. The quantitative estimate of drug-likeness (QED) is 0.780. The molecule has 2 N–H and O–H groups in total. The Morgan fingerprint density at radius 1 is 1.05 bits per heavy atom. The number of nitrogens with two attached hydrogens (primary N) is 1. The molecule has 0 aliphatic heterocycles. The summed E-state index contributed by atoms with van der Waals surface area (Å²) >= 11 is 3.30. The van der Waals surface area contributed by atoms with Crippen molar-refractivity contribution in [2.45, 2.75) is 6.04 Å². The topological polar surface area (TPSA) is 48.4 Å². The van der Waals surface area contributed by atoms with Crippen LogP contribution >= 0.6 is 15.9 Å². The van der Waals surface area contributed by atoms with Crippen LogP contribution in [-0.4, -0.2) is 7.11 Å². The standard InChI is InChI=1S/C16H14BrNO2/c1-19-13-7-6-12(10-4-2-3-5-11(10)13)16(18)14-8-9-15(17)20-14/h2-9,16H,18H2,1H3. The van der Waals surface area contributed by atoms with Crippen molar-refractivity contribution in [3.63, 3.8) is 0 Å². The summed E-state index contributed by atoms with van der Waals surface area (Å²) in [5, 5.41) is 2.13. The van der Waals surface area contributed by atoms with Gasteiger partial charge < -0.3 is 14.9 Å². The van der Waals surface area contributed by atoms with Gasteiger partial charge in [-0.3, -0.25) is 0 Å². The second-order valence-electron chi connectivity index (χ2n) is 4.52. The molecule has 4 heteroatoms. The average molecular weight is 332 g/mol. The maximum atomic E-state index is 6.33. The minimum Gasteiger partial charge on any atom is -0.496 e. The molecule has 3 rings (SSSR count). The van der Waals surface area contributed by atoms with Gasteiger partial charge >= 0.3 is 0 Å². The lowest BCUT2D eigenvalue weighted by Crippen LogP contribution is -2.11. The lowest BCUT2D eigenvalue weighted by molar-refractivity contribution is 0.419. The molecule has 1 aromatic heterocycles. The van der Waals surface area contributed by atoms with Crippen molar-refractivity contribution in [1.82, 2.24) is 0 Å². The van der Waals surface area contributed by atoms with Gasteiger partial charge in [-0.25, -0.2) is 0 Å². The zero-order chi connectivity index (χ0) is 14.1. The Kier molecular flexibility index (Phi) is 3.51. The average Bonchev–Trinajstić information content (AvgIpc) is 2.92. The van der Waals surface area contributed by atoms with E-state index >= 15 is 0 Å². The fraction of sp³-hybridized carbons (Fsp3) is 0.125. The Balaban J connectivity index is 2.17. The molecule has 0 aliphatic carbocycles. The second-order valence-corrected chi connectivity index (χ2v) is 5.30. The number of fused-ring (bicyclic) bond motifs is 1. The van der Waals surface area contributed by atoms with Crippen LogP contribution in [0, 0.1) is 0 Å². The zero-order valence-corrected chi connectivity index (χ0v) is 12.6. The molecular formula is C16H14BrNO2. The highest BCUT2D eigenvalue weighted by atomic mass is 79.9. The summed E-state index contributed by atoms with van der Waals surface area (Å²) in [5.41, 5.74) is 7.35. The van der Waals surface area contributed by atoms with Gasteiger partial charge in [0, 0.05) is 5.39 Å². The minimum absolute atomic E-state index is 0.308. The zero-order valence-electron chi connectivity index (χ0n) is 11.0. The van der Waals surface area contributed by atoms with Crippen molar-refractivity contribution >= 4 is 26.7 Å². The van der Waals surface area contributed by atoms with Gasteiger partial charge in [0.15, 0.2) is 4.67 Å². The van der Waals surface area contributed by atoms with Gasteiger partial charge in [0.05, 0.1) is 13.2 Å². The molecule has 0 amide bonds. The molecular weight excluding hydrogens is 318 g/mol. The number of furan rings is 1. The molecule has 0 saturated heterocycles. The first kappa shape index (κ1) is 13.2. The number of methoxy groups -OCH3 is 1. The van der Waals surface area contributed by atoms with Gasteiger partial charge in [0.25, 0.3) is 0 Å². The molecule has 0 radical (unpaired) electrons. The summed E-state index contributed by atoms with van der Waals surface area (Å²) in [5.74, 6) is 1.57. The summed E-state index contributed by atoms with van der Waals surface area (Å²) in [7, 11) is 1.67. The van der Waals surface area contributed by atoms with Crippen LogP contribution in [0.1, 0.15) is 17.4 Å². The molecule has 0 spiro atoms. The monoisotopic (exact) mass is 331 g/mol. The SMILES string of the molecule is COc1ccc(C(N)c2ccc(Br)o2)c2ccccc12. The van der Waals surface area contributed by atoms with Crippen LogP contribution < -0.4 is 10.5 Å².